The first-order valence-electron chi connectivity index (χ1n) is 8.36. The van der Waals surface area contributed by atoms with E-state index in [0.29, 0.717) is 11.4 Å². The van der Waals surface area contributed by atoms with Crippen molar-refractivity contribution in [3.63, 3.8) is 0 Å². The predicted octanol–water partition coefficient (Wildman–Crippen LogP) is 4.80. The highest BCUT2D eigenvalue weighted by molar-refractivity contribution is 5.88. The maximum atomic E-state index is 11.1. The molecular weight excluding hydrogens is 344 g/mol. The molecule has 0 atom stereocenters. The van der Waals surface area contributed by atoms with Gasteiger partial charge in [0.2, 0.25) is 5.91 Å². The summed E-state index contributed by atoms with van der Waals surface area (Å²) in [6, 6.07) is 21.4. The standard InChI is InChI=1S/C21H18N2O4/c1-15(24)22-18-9-7-16(8-10-18)14-27-21-13-19(23(25)26)11-12-20(21)17-5-3-2-4-6-17/h2-13H,14H2,1H3,(H,22,24). The largest absolute Gasteiger partial charge is 0.488 e. The highest BCUT2D eigenvalue weighted by Gasteiger charge is 2.13. The Morgan fingerprint density at radius 3 is 2.37 bits per heavy atom. The number of hydrogen-bond donors (Lipinski definition) is 1. The molecule has 0 saturated carbocycles. The molecule has 0 radical (unpaired) electrons. The monoisotopic (exact) mass is 362 g/mol. The number of anilines is 1. The fourth-order valence-corrected chi connectivity index (χ4v) is 2.65. The number of carbonyl (C=O) groups excluding carboxylic acids is 1. The summed E-state index contributed by atoms with van der Waals surface area (Å²) in [6.07, 6.45) is 0. The van der Waals surface area contributed by atoms with Crippen LogP contribution in [0.15, 0.2) is 72.8 Å². The molecule has 0 unspecified atom stereocenters. The lowest BCUT2D eigenvalue weighted by Gasteiger charge is -2.12. The first-order chi connectivity index (χ1) is 13.0. The Hall–Kier alpha value is -3.67. The summed E-state index contributed by atoms with van der Waals surface area (Å²) < 4.78 is 5.90. The zero-order chi connectivity index (χ0) is 19.2. The SMILES string of the molecule is CC(=O)Nc1ccc(COc2cc([N+](=O)[O-])ccc2-c2ccccc2)cc1. The minimum absolute atomic E-state index is 0.0225. The summed E-state index contributed by atoms with van der Waals surface area (Å²) in [5.41, 5.74) is 3.27. The molecule has 0 aliphatic carbocycles. The van der Waals surface area contributed by atoms with Gasteiger partial charge in [0.15, 0.2) is 0 Å². The second-order valence-electron chi connectivity index (χ2n) is 5.97. The van der Waals surface area contributed by atoms with Gasteiger partial charge in [-0.15, -0.1) is 0 Å². The summed E-state index contributed by atoms with van der Waals surface area (Å²) in [6.45, 7) is 1.70. The number of non-ortho nitro benzene ring substituents is 1. The molecule has 3 aromatic carbocycles. The van der Waals surface area contributed by atoms with Crippen LogP contribution in [0.2, 0.25) is 0 Å². The van der Waals surface area contributed by atoms with Gasteiger partial charge in [-0.3, -0.25) is 14.9 Å². The molecule has 1 amide bonds. The summed E-state index contributed by atoms with van der Waals surface area (Å²) in [5.74, 6) is 0.310. The number of hydrogen-bond acceptors (Lipinski definition) is 4. The molecule has 0 saturated heterocycles. The van der Waals surface area contributed by atoms with Crippen LogP contribution >= 0.6 is 0 Å². The van der Waals surface area contributed by atoms with Gasteiger partial charge in [-0.2, -0.15) is 0 Å². The molecule has 3 aromatic rings. The van der Waals surface area contributed by atoms with Gasteiger partial charge in [0.1, 0.15) is 12.4 Å². The van der Waals surface area contributed by atoms with Crippen molar-refractivity contribution < 1.29 is 14.5 Å². The molecule has 0 spiro atoms. The van der Waals surface area contributed by atoms with Crippen molar-refractivity contribution in [3.05, 3.63) is 88.5 Å². The predicted molar refractivity (Wildman–Crippen MR) is 104 cm³/mol. The molecule has 0 bridgehead atoms. The van der Waals surface area contributed by atoms with Gasteiger partial charge in [-0.1, -0.05) is 42.5 Å². The minimum atomic E-state index is -0.441. The van der Waals surface area contributed by atoms with Crippen LogP contribution in [0, 0.1) is 10.1 Å². The molecule has 0 aromatic heterocycles. The van der Waals surface area contributed by atoms with E-state index in [9.17, 15) is 14.9 Å². The number of nitrogens with zero attached hydrogens (tertiary/aromatic N) is 1. The molecule has 0 fully saturated rings. The number of nitro groups is 1. The van der Waals surface area contributed by atoms with E-state index in [1.165, 1.54) is 19.1 Å². The van der Waals surface area contributed by atoms with Crippen LogP contribution in [0.4, 0.5) is 11.4 Å². The van der Waals surface area contributed by atoms with E-state index in [1.54, 1.807) is 18.2 Å². The van der Waals surface area contributed by atoms with Crippen molar-refractivity contribution in [3.8, 4) is 16.9 Å². The van der Waals surface area contributed by atoms with E-state index in [-0.39, 0.29) is 18.2 Å². The molecule has 27 heavy (non-hydrogen) atoms. The smallest absolute Gasteiger partial charge is 0.273 e. The van der Waals surface area contributed by atoms with E-state index in [0.717, 1.165) is 16.7 Å². The summed E-state index contributed by atoms with van der Waals surface area (Å²) >= 11 is 0. The number of amides is 1. The normalized spacial score (nSPS) is 10.3. The zero-order valence-corrected chi connectivity index (χ0v) is 14.7. The lowest BCUT2D eigenvalue weighted by Crippen LogP contribution is -2.05. The van der Waals surface area contributed by atoms with Crippen LogP contribution in [-0.2, 0) is 11.4 Å². The molecule has 0 heterocycles. The first kappa shape index (κ1) is 18.1. The second-order valence-corrected chi connectivity index (χ2v) is 5.97. The number of carbonyl (C=O) groups is 1. The fourth-order valence-electron chi connectivity index (χ4n) is 2.65. The van der Waals surface area contributed by atoms with Gasteiger partial charge in [0.05, 0.1) is 11.0 Å². The van der Waals surface area contributed by atoms with Crippen molar-refractivity contribution in [2.75, 3.05) is 5.32 Å². The van der Waals surface area contributed by atoms with Crippen LogP contribution in [0.1, 0.15) is 12.5 Å². The second kappa shape index (κ2) is 8.14. The van der Waals surface area contributed by atoms with Crippen LogP contribution < -0.4 is 10.1 Å². The van der Waals surface area contributed by atoms with Gasteiger partial charge in [-0.05, 0) is 29.3 Å². The molecule has 6 nitrogen and oxygen atoms in total. The van der Waals surface area contributed by atoms with Crippen LogP contribution in [0.5, 0.6) is 5.75 Å². The van der Waals surface area contributed by atoms with Crippen LogP contribution in [-0.4, -0.2) is 10.8 Å². The average molecular weight is 362 g/mol. The van der Waals surface area contributed by atoms with Gasteiger partial charge < -0.3 is 10.1 Å². The zero-order valence-electron chi connectivity index (χ0n) is 14.7. The minimum Gasteiger partial charge on any atom is -0.488 e. The van der Waals surface area contributed by atoms with E-state index < -0.39 is 4.92 Å². The number of rotatable bonds is 6. The molecule has 0 aliphatic rings. The molecule has 136 valence electrons. The van der Waals surface area contributed by atoms with Crippen LogP contribution in [0.3, 0.4) is 0 Å². The Kier molecular flexibility index (Phi) is 5.47. The summed E-state index contributed by atoms with van der Waals surface area (Å²) in [7, 11) is 0. The Bertz CT molecular complexity index is 954. The van der Waals surface area contributed by atoms with Gasteiger partial charge in [-0.25, -0.2) is 0 Å². The summed E-state index contributed by atoms with van der Waals surface area (Å²) in [4.78, 5) is 21.8. The van der Waals surface area contributed by atoms with Crippen LogP contribution in [0.25, 0.3) is 11.1 Å². The first-order valence-corrected chi connectivity index (χ1v) is 8.36. The highest BCUT2D eigenvalue weighted by Crippen LogP contribution is 2.33. The van der Waals surface area contributed by atoms with E-state index in [1.807, 2.05) is 42.5 Å². The molecule has 1 N–H and O–H groups in total. The number of ether oxygens (including phenoxy) is 1. The Labute approximate surface area is 156 Å². The maximum absolute atomic E-state index is 11.1. The Morgan fingerprint density at radius 1 is 1.04 bits per heavy atom. The van der Waals surface area contributed by atoms with E-state index in [2.05, 4.69) is 5.32 Å². The fraction of sp³-hybridized carbons (Fsp3) is 0.0952. The molecule has 6 heteroatoms. The quantitative estimate of drug-likeness (QED) is 0.504. The third-order valence-corrected chi connectivity index (χ3v) is 3.93. The Morgan fingerprint density at radius 2 is 1.74 bits per heavy atom. The van der Waals surface area contributed by atoms with Crippen molar-refractivity contribution in [2.24, 2.45) is 0 Å². The van der Waals surface area contributed by atoms with Crippen molar-refractivity contribution in [2.45, 2.75) is 13.5 Å². The summed E-state index contributed by atoms with van der Waals surface area (Å²) in [5, 5.41) is 13.8. The van der Waals surface area contributed by atoms with Gasteiger partial charge in [0, 0.05) is 24.2 Å². The third kappa shape index (κ3) is 4.70. The number of benzene rings is 3. The molecule has 3 rings (SSSR count). The topological polar surface area (TPSA) is 81.5 Å². The Balaban J connectivity index is 1.83. The lowest BCUT2D eigenvalue weighted by atomic mass is 10.0. The van der Waals surface area contributed by atoms with Crippen molar-refractivity contribution >= 4 is 17.3 Å². The van der Waals surface area contributed by atoms with Gasteiger partial charge >= 0.3 is 0 Å². The van der Waals surface area contributed by atoms with E-state index in [4.69, 9.17) is 4.74 Å². The maximum Gasteiger partial charge on any atom is 0.273 e. The lowest BCUT2D eigenvalue weighted by molar-refractivity contribution is -0.384. The van der Waals surface area contributed by atoms with E-state index >= 15 is 0 Å². The number of nitrogens with one attached hydrogen (secondary N) is 1. The highest BCUT2D eigenvalue weighted by atomic mass is 16.6. The average Bonchev–Trinajstić information content (AvgIpc) is 2.67. The molecular formula is C21H18N2O4. The van der Waals surface area contributed by atoms with Gasteiger partial charge in [0.25, 0.3) is 5.69 Å². The number of nitro benzene ring substituents is 1. The molecule has 0 aliphatic heterocycles. The van der Waals surface area contributed by atoms with Crippen molar-refractivity contribution in [1.82, 2.24) is 0 Å². The third-order valence-electron chi connectivity index (χ3n) is 3.93. The van der Waals surface area contributed by atoms with Crippen molar-refractivity contribution in [1.29, 1.82) is 0 Å².